The number of piperidine rings is 1. The van der Waals surface area contributed by atoms with Crippen LogP contribution in [-0.2, 0) is 0 Å². The molecule has 1 aliphatic carbocycles. The Labute approximate surface area is 103 Å². The SMILES string of the molecule is c1ccc(N(CC2CC2)C2CCNCC2)nc1. The Hall–Kier alpha value is -1.09. The number of hydrogen-bond donors (Lipinski definition) is 1. The minimum Gasteiger partial charge on any atom is -0.353 e. The molecule has 1 aromatic rings. The summed E-state index contributed by atoms with van der Waals surface area (Å²) in [5, 5.41) is 3.44. The summed E-state index contributed by atoms with van der Waals surface area (Å²) in [6.45, 7) is 3.51. The molecular weight excluding hydrogens is 210 g/mol. The van der Waals surface area contributed by atoms with Gasteiger partial charge in [-0.1, -0.05) is 6.07 Å². The molecule has 0 bridgehead atoms. The zero-order valence-electron chi connectivity index (χ0n) is 10.3. The van der Waals surface area contributed by atoms with Gasteiger partial charge < -0.3 is 10.2 Å². The van der Waals surface area contributed by atoms with E-state index in [1.54, 1.807) is 0 Å². The molecule has 0 spiro atoms. The van der Waals surface area contributed by atoms with Gasteiger partial charge in [0.2, 0.25) is 0 Å². The van der Waals surface area contributed by atoms with E-state index >= 15 is 0 Å². The van der Waals surface area contributed by atoms with E-state index in [1.165, 1.54) is 38.0 Å². The van der Waals surface area contributed by atoms with Crippen molar-refractivity contribution in [2.24, 2.45) is 5.92 Å². The zero-order chi connectivity index (χ0) is 11.5. The van der Waals surface area contributed by atoms with Crippen molar-refractivity contribution in [3.05, 3.63) is 24.4 Å². The van der Waals surface area contributed by atoms with Crippen LogP contribution in [0.2, 0.25) is 0 Å². The van der Waals surface area contributed by atoms with Gasteiger partial charge in [-0.25, -0.2) is 4.98 Å². The van der Waals surface area contributed by atoms with Crippen LogP contribution in [0.1, 0.15) is 25.7 Å². The Kier molecular flexibility index (Phi) is 3.27. The Balaban J connectivity index is 1.75. The van der Waals surface area contributed by atoms with Gasteiger partial charge in [-0.3, -0.25) is 0 Å². The molecule has 1 saturated heterocycles. The van der Waals surface area contributed by atoms with Crippen LogP contribution in [0.3, 0.4) is 0 Å². The average molecular weight is 231 g/mol. The van der Waals surface area contributed by atoms with Crippen LogP contribution >= 0.6 is 0 Å². The van der Waals surface area contributed by atoms with Crippen LogP contribution in [0.25, 0.3) is 0 Å². The van der Waals surface area contributed by atoms with E-state index in [2.05, 4.69) is 27.3 Å². The van der Waals surface area contributed by atoms with E-state index < -0.39 is 0 Å². The fraction of sp³-hybridized carbons (Fsp3) is 0.643. The molecule has 2 heterocycles. The molecule has 0 aromatic carbocycles. The molecule has 3 nitrogen and oxygen atoms in total. The maximum Gasteiger partial charge on any atom is 0.128 e. The monoisotopic (exact) mass is 231 g/mol. The highest BCUT2D eigenvalue weighted by Crippen LogP contribution is 2.32. The van der Waals surface area contributed by atoms with E-state index in [0.717, 1.165) is 19.0 Å². The van der Waals surface area contributed by atoms with Crippen molar-refractivity contribution in [1.29, 1.82) is 0 Å². The highest BCUT2D eigenvalue weighted by atomic mass is 15.2. The van der Waals surface area contributed by atoms with Crippen LogP contribution in [0, 0.1) is 5.92 Å². The van der Waals surface area contributed by atoms with Crippen LogP contribution in [-0.4, -0.2) is 30.7 Å². The standard InChI is InChI=1S/C14H21N3/c1-2-8-16-14(3-1)17(11-12-4-5-12)13-6-9-15-10-7-13/h1-3,8,12-13,15H,4-7,9-11H2. The van der Waals surface area contributed by atoms with Crippen LogP contribution in [0.4, 0.5) is 5.82 Å². The van der Waals surface area contributed by atoms with Gasteiger partial charge in [0.05, 0.1) is 0 Å². The number of rotatable bonds is 4. The first-order valence-electron chi connectivity index (χ1n) is 6.82. The molecule has 1 aliphatic heterocycles. The Morgan fingerprint density at radius 3 is 2.65 bits per heavy atom. The van der Waals surface area contributed by atoms with Gasteiger partial charge in [-0.15, -0.1) is 0 Å². The third-order valence-electron chi connectivity index (χ3n) is 3.84. The van der Waals surface area contributed by atoms with Crippen molar-refractivity contribution in [3.8, 4) is 0 Å². The summed E-state index contributed by atoms with van der Waals surface area (Å²) in [4.78, 5) is 7.09. The van der Waals surface area contributed by atoms with Gasteiger partial charge in [-0.05, 0) is 56.8 Å². The first-order valence-corrected chi connectivity index (χ1v) is 6.82. The van der Waals surface area contributed by atoms with Crippen molar-refractivity contribution in [2.45, 2.75) is 31.7 Å². The Morgan fingerprint density at radius 1 is 1.18 bits per heavy atom. The second-order valence-electron chi connectivity index (χ2n) is 5.26. The average Bonchev–Trinajstić information content (AvgIpc) is 3.22. The zero-order valence-corrected chi connectivity index (χ0v) is 10.3. The highest BCUT2D eigenvalue weighted by Gasteiger charge is 2.29. The van der Waals surface area contributed by atoms with Gasteiger partial charge >= 0.3 is 0 Å². The van der Waals surface area contributed by atoms with E-state index in [4.69, 9.17) is 0 Å². The van der Waals surface area contributed by atoms with E-state index in [-0.39, 0.29) is 0 Å². The van der Waals surface area contributed by atoms with E-state index in [1.807, 2.05) is 12.3 Å². The smallest absolute Gasteiger partial charge is 0.128 e. The predicted octanol–water partition coefficient (Wildman–Crippen LogP) is 2.05. The summed E-state index contributed by atoms with van der Waals surface area (Å²) in [5.74, 6) is 2.10. The molecule has 1 N–H and O–H groups in total. The number of pyridine rings is 1. The van der Waals surface area contributed by atoms with Gasteiger partial charge in [0.1, 0.15) is 5.82 Å². The van der Waals surface area contributed by atoms with Gasteiger partial charge in [0.15, 0.2) is 0 Å². The Bertz CT molecular complexity index is 342. The molecule has 0 radical (unpaired) electrons. The van der Waals surface area contributed by atoms with Crippen molar-refractivity contribution >= 4 is 5.82 Å². The molecule has 2 fully saturated rings. The van der Waals surface area contributed by atoms with Gasteiger partial charge in [-0.2, -0.15) is 0 Å². The third-order valence-corrected chi connectivity index (χ3v) is 3.84. The van der Waals surface area contributed by atoms with Crippen molar-refractivity contribution < 1.29 is 0 Å². The second-order valence-corrected chi connectivity index (χ2v) is 5.26. The molecule has 0 amide bonds. The molecular formula is C14H21N3. The normalized spacial score (nSPS) is 21.4. The number of nitrogens with zero attached hydrogens (tertiary/aromatic N) is 2. The lowest BCUT2D eigenvalue weighted by molar-refractivity contribution is 0.423. The minimum atomic E-state index is 0.687. The lowest BCUT2D eigenvalue weighted by Crippen LogP contribution is -2.44. The molecule has 3 rings (SSSR count). The third kappa shape index (κ3) is 2.78. The number of anilines is 1. The molecule has 17 heavy (non-hydrogen) atoms. The quantitative estimate of drug-likeness (QED) is 0.859. The van der Waals surface area contributed by atoms with Crippen LogP contribution in [0.5, 0.6) is 0 Å². The van der Waals surface area contributed by atoms with Crippen molar-refractivity contribution in [3.63, 3.8) is 0 Å². The van der Waals surface area contributed by atoms with E-state index in [0.29, 0.717) is 6.04 Å². The summed E-state index contributed by atoms with van der Waals surface area (Å²) in [6.07, 6.45) is 7.24. The van der Waals surface area contributed by atoms with Gasteiger partial charge in [0.25, 0.3) is 0 Å². The number of nitrogens with one attached hydrogen (secondary N) is 1. The first-order chi connectivity index (χ1) is 8.43. The maximum atomic E-state index is 4.54. The van der Waals surface area contributed by atoms with E-state index in [9.17, 15) is 0 Å². The summed E-state index contributed by atoms with van der Waals surface area (Å²) in [6, 6.07) is 6.95. The van der Waals surface area contributed by atoms with Crippen LogP contribution in [0.15, 0.2) is 24.4 Å². The molecule has 2 aliphatic rings. The molecule has 0 unspecified atom stereocenters. The summed E-state index contributed by atoms with van der Waals surface area (Å²) >= 11 is 0. The van der Waals surface area contributed by atoms with Crippen LogP contribution < -0.4 is 10.2 Å². The number of hydrogen-bond acceptors (Lipinski definition) is 3. The summed E-state index contributed by atoms with van der Waals surface area (Å²) in [7, 11) is 0. The topological polar surface area (TPSA) is 28.2 Å². The fourth-order valence-electron chi connectivity index (χ4n) is 2.65. The first kappa shape index (κ1) is 11.0. The summed E-state index contributed by atoms with van der Waals surface area (Å²) in [5.41, 5.74) is 0. The molecule has 0 atom stereocenters. The number of aromatic nitrogens is 1. The van der Waals surface area contributed by atoms with Crippen molar-refractivity contribution in [2.75, 3.05) is 24.5 Å². The minimum absolute atomic E-state index is 0.687. The fourth-order valence-corrected chi connectivity index (χ4v) is 2.65. The highest BCUT2D eigenvalue weighted by molar-refractivity contribution is 5.39. The van der Waals surface area contributed by atoms with Crippen molar-refractivity contribution in [1.82, 2.24) is 10.3 Å². The summed E-state index contributed by atoms with van der Waals surface area (Å²) < 4.78 is 0. The lowest BCUT2D eigenvalue weighted by Gasteiger charge is -2.35. The molecule has 3 heteroatoms. The lowest BCUT2D eigenvalue weighted by atomic mass is 10.0. The Morgan fingerprint density at radius 2 is 2.00 bits per heavy atom. The molecule has 1 saturated carbocycles. The molecule has 92 valence electrons. The second kappa shape index (κ2) is 5.05. The largest absolute Gasteiger partial charge is 0.353 e. The predicted molar refractivity (Wildman–Crippen MR) is 70.2 cm³/mol. The van der Waals surface area contributed by atoms with Gasteiger partial charge in [0, 0.05) is 18.8 Å². The molecule has 1 aromatic heterocycles. The maximum absolute atomic E-state index is 4.54.